The van der Waals surface area contributed by atoms with Crippen molar-refractivity contribution in [3.63, 3.8) is 0 Å². The van der Waals surface area contributed by atoms with Crippen LogP contribution in [0.3, 0.4) is 0 Å². The lowest BCUT2D eigenvalue weighted by Gasteiger charge is -2.04. The van der Waals surface area contributed by atoms with Crippen molar-refractivity contribution in [2.24, 2.45) is 5.10 Å². The summed E-state index contributed by atoms with van der Waals surface area (Å²) in [7, 11) is -3.77. The minimum absolute atomic E-state index is 0.0802. The van der Waals surface area contributed by atoms with Crippen molar-refractivity contribution < 1.29 is 17.2 Å². The third-order valence-electron chi connectivity index (χ3n) is 2.88. The summed E-state index contributed by atoms with van der Waals surface area (Å²) in [6, 6.07) is 11.8. The number of nitrogens with zero attached hydrogens (tertiary/aromatic N) is 1. The molecule has 0 aliphatic rings. The topological polar surface area (TPSA) is 58.5 Å². The van der Waals surface area contributed by atoms with Crippen molar-refractivity contribution in [2.45, 2.75) is 18.2 Å². The zero-order valence-corrected chi connectivity index (χ0v) is 12.5. The van der Waals surface area contributed by atoms with Crippen molar-refractivity contribution in [1.29, 1.82) is 0 Å². The van der Waals surface area contributed by atoms with E-state index in [0.717, 1.165) is 5.56 Å². The van der Waals surface area contributed by atoms with Crippen LogP contribution in [0.15, 0.2) is 58.5 Å². The molecule has 0 spiro atoms. The standard InChI is InChI=1S/C15H14F2N2O2S/c1-11-5-7-14(8-6-11)22(20,21)19-18-10-12-3-2-4-13(9-12)15(16)17/h2-10,15,19H,1H3/b18-10+. The molecular formula is C15H14F2N2O2S. The molecule has 2 aromatic rings. The zero-order chi connectivity index (χ0) is 16.2. The van der Waals surface area contributed by atoms with Gasteiger partial charge in [-0.25, -0.2) is 13.6 Å². The molecule has 7 heteroatoms. The van der Waals surface area contributed by atoms with Crippen LogP contribution >= 0.6 is 0 Å². The van der Waals surface area contributed by atoms with Crippen LogP contribution in [0.1, 0.15) is 23.1 Å². The number of hydrazone groups is 1. The molecule has 0 amide bonds. The molecule has 0 fully saturated rings. The monoisotopic (exact) mass is 324 g/mol. The van der Waals surface area contributed by atoms with Crippen molar-refractivity contribution in [3.05, 3.63) is 65.2 Å². The van der Waals surface area contributed by atoms with Gasteiger partial charge in [0.1, 0.15) is 0 Å². The van der Waals surface area contributed by atoms with Crippen molar-refractivity contribution in [3.8, 4) is 0 Å². The highest BCUT2D eigenvalue weighted by Gasteiger charge is 2.11. The molecule has 0 aliphatic heterocycles. The summed E-state index contributed by atoms with van der Waals surface area (Å²) < 4.78 is 49.0. The number of aryl methyl sites for hydroxylation is 1. The van der Waals surface area contributed by atoms with Gasteiger partial charge < -0.3 is 0 Å². The van der Waals surface area contributed by atoms with Crippen LogP contribution in [0, 0.1) is 6.92 Å². The van der Waals surface area contributed by atoms with Gasteiger partial charge in [0.15, 0.2) is 0 Å². The zero-order valence-electron chi connectivity index (χ0n) is 11.7. The summed E-state index contributed by atoms with van der Waals surface area (Å²) in [5.41, 5.74) is 1.17. The summed E-state index contributed by atoms with van der Waals surface area (Å²) in [4.78, 5) is 2.13. The quantitative estimate of drug-likeness (QED) is 0.678. The van der Waals surface area contributed by atoms with Crippen LogP contribution in [-0.2, 0) is 10.0 Å². The number of alkyl halides is 2. The predicted molar refractivity (Wildman–Crippen MR) is 80.5 cm³/mol. The maximum atomic E-state index is 12.6. The Kier molecular flexibility index (Phi) is 4.87. The van der Waals surface area contributed by atoms with Gasteiger partial charge in [0.25, 0.3) is 16.4 Å². The van der Waals surface area contributed by atoms with Gasteiger partial charge in [-0.15, -0.1) is 0 Å². The minimum Gasteiger partial charge on any atom is -0.205 e. The molecule has 0 heterocycles. The molecular weight excluding hydrogens is 310 g/mol. The Morgan fingerprint density at radius 2 is 1.82 bits per heavy atom. The van der Waals surface area contributed by atoms with Gasteiger partial charge in [0.05, 0.1) is 11.1 Å². The summed E-state index contributed by atoms with van der Waals surface area (Å²) in [6.45, 7) is 1.85. The van der Waals surface area contributed by atoms with E-state index in [1.54, 1.807) is 18.2 Å². The van der Waals surface area contributed by atoms with E-state index in [1.165, 1.54) is 36.5 Å². The molecule has 22 heavy (non-hydrogen) atoms. The average molecular weight is 324 g/mol. The van der Waals surface area contributed by atoms with Crippen LogP contribution in [0.2, 0.25) is 0 Å². The van der Waals surface area contributed by atoms with Gasteiger partial charge in [-0.3, -0.25) is 0 Å². The van der Waals surface area contributed by atoms with Gasteiger partial charge in [-0.05, 0) is 30.7 Å². The van der Waals surface area contributed by atoms with E-state index in [2.05, 4.69) is 5.10 Å². The molecule has 0 unspecified atom stereocenters. The highest BCUT2D eigenvalue weighted by molar-refractivity contribution is 7.89. The fourth-order valence-corrected chi connectivity index (χ4v) is 2.51. The lowest BCUT2D eigenvalue weighted by atomic mass is 10.1. The van der Waals surface area contributed by atoms with Gasteiger partial charge in [-0.1, -0.05) is 35.9 Å². The predicted octanol–water partition coefficient (Wildman–Crippen LogP) is 3.25. The van der Waals surface area contributed by atoms with Crippen LogP contribution in [-0.4, -0.2) is 14.6 Å². The Morgan fingerprint density at radius 3 is 2.45 bits per heavy atom. The SMILES string of the molecule is Cc1ccc(S(=O)(=O)N/N=C/c2cccc(C(F)F)c2)cc1. The van der Waals surface area contributed by atoms with E-state index in [0.29, 0.717) is 5.56 Å². The molecule has 0 saturated carbocycles. The number of hydrogen-bond donors (Lipinski definition) is 1. The first-order valence-electron chi connectivity index (χ1n) is 6.38. The van der Waals surface area contributed by atoms with Crippen molar-refractivity contribution >= 4 is 16.2 Å². The highest BCUT2D eigenvalue weighted by atomic mass is 32.2. The third kappa shape index (κ3) is 4.11. The number of nitrogens with one attached hydrogen (secondary N) is 1. The first-order valence-corrected chi connectivity index (χ1v) is 7.86. The van der Waals surface area contributed by atoms with Crippen molar-refractivity contribution in [2.75, 3.05) is 0 Å². The van der Waals surface area contributed by atoms with E-state index in [1.807, 2.05) is 11.8 Å². The number of benzene rings is 2. The Balaban J connectivity index is 2.11. The van der Waals surface area contributed by atoms with E-state index in [-0.39, 0.29) is 10.5 Å². The van der Waals surface area contributed by atoms with Gasteiger partial charge >= 0.3 is 0 Å². The van der Waals surface area contributed by atoms with Crippen LogP contribution in [0.5, 0.6) is 0 Å². The molecule has 0 aliphatic carbocycles. The molecule has 0 atom stereocenters. The van der Waals surface area contributed by atoms with E-state index in [4.69, 9.17) is 0 Å². The lowest BCUT2D eigenvalue weighted by Crippen LogP contribution is -2.18. The van der Waals surface area contributed by atoms with Crippen LogP contribution < -0.4 is 4.83 Å². The Labute approximate surface area is 127 Å². The maximum Gasteiger partial charge on any atom is 0.276 e. The van der Waals surface area contributed by atoms with Crippen molar-refractivity contribution in [1.82, 2.24) is 4.83 Å². The normalized spacial score (nSPS) is 12.0. The first-order chi connectivity index (χ1) is 10.4. The summed E-state index contributed by atoms with van der Waals surface area (Å²) in [5, 5.41) is 3.60. The molecule has 0 saturated heterocycles. The summed E-state index contributed by atoms with van der Waals surface area (Å²) in [5.74, 6) is 0. The van der Waals surface area contributed by atoms with Crippen LogP contribution in [0.25, 0.3) is 0 Å². The molecule has 2 rings (SSSR count). The lowest BCUT2D eigenvalue weighted by molar-refractivity contribution is 0.151. The number of hydrogen-bond acceptors (Lipinski definition) is 3. The molecule has 0 bridgehead atoms. The molecule has 1 N–H and O–H groups in total. The van der Waals surface area contributed by atoms with Gasteiger partial charge in [-0.2, -0.15) is 13.5 Å². The fraction of sp³-hybridized carbons (Fsp3) is 0.133. The average Bonchev–Trinajstić information content (AvgIpc) is 2.48. The minimum atomic E-state index is -3.77. The second kappa shape index (κ2) is 6.65. The summed E-state index contributed by atoms with van der Waals surface area (Å²) >= 11 is 0. The van der Waals surface area contributed by atoms with Gasteiger partial charge in [0, 0.05) is 5.56 Å². The fourth-order valence-electron chi connectivity index (χ4n) is 1.72. The highest BCUT2D eigenvalue weighted by Crippen LogP contribution is 2.18. The van der Waals surface area contributed by atoms with E-state index >= 15 is 0 Å². The smallest absolute Gasteiger partial charge is 0.205 e. The summed E-state index contributed by atoms with van der Waals surface area (Å²) in [6.07, 6.45) is -1.41. The Morgan fingerprint density at radius 1 is 1.14 bits per heavy atom. The van der Waals surface area contributed by atoms with Crippen LogP contribution in [0.4, 0.5) is 8.78 Å². The second-order valence-corrected chi connectivity index (χ2v) is 6.30. The number of rotatable bonds is 5. The number of halogens is 2. The molecule has 0 radical (unpaired) electrons. The van der Waals surface area contributed by atoms with E-state index in [9.17, 15) is 17.2 Å². The Hall–Kier alpha value is -2.28. The maximum absolute atomic E-state index is 12.6. The molecule has 116 valence electrons. The molecule has 4 nitrogen and oxygen atoms in total. The molecule has 2 aromatic carbocycles. The number of sulfonamides is 1. The Bertz CT molecular complexity index is 772. The first kappa shape index (κ1) is 16.1. The van der Waals surface area contributed by atoms with E-state index < -0.39 is 16.4 Å². The van der Waals surface area contributed by atoms with Gasteiger partial charge in [0.2, 0.25) is 0 Å². The largest absolute Gasteiger partial charge is 0.276 e. The second-order valence-electron chi connectivity index (χ2n) is 4.64. The third-order valence-corrected chi connectivity index (χ3v) is 4.12. The molecule has 0 aromatic heterocycles.